The Labute approximate surface area is 108 Å². The van der Waals surface area contributed by atoms with Gasteiger partial charge in [-0.05, 0) is 25.7 Å². The molecule has 0 bridgehead atoms. The SMILES string of the molecule is COC(C)Cc1noc(CC(O)C2CCCC2)n1. The van der Waals surface area contributed by atoms with Gasteiger partial charge in [0.15, 0.2) is 5.82 Å². The first-order chi connectivity index (χ1) is 8.69. The molecule has 5 heteroatoms. The lowest BCUT2D eigenvalue weighted by Crippen LogP contribution is -2.20. The normalized spacial score (nSPS) is 20.2. The second-order valence-corrected chi connectivity index (χ2v) is 5.17. The number of rotatable bonds is 6. The Kier molecular flexibility index (Phi) is 4.72. The molecule has 1 heterocycles. The van der Waals surface area contributed by atoms with Crippen LogP contribution < -0.4 is 0 Å². The first kappa shape index (κ1) is 13.5. The average molecular weight is 254 g/mol. The molecule has 0 saturated heterocycles. The van der Waals surface area contributed by atoms with Crippen LogP contribution in [0.4, 0.5) is 0 Å². The van der Waals surface area contributed by atoms with Gasteiger partial charge in [-0.15, -0.1) is 0 Å². The zero-order chi connectivity index (χ0) is 13.0. The lowest BCUT2D eigenvalue weighted by Gasteiger charge is -2.14. The number of methoxy groups -OCH3 is 1. The van der Waals surface area contributed by atoms with Crippen molar-refractivity contribution >= 4 is 0 Å². The zero-order valence-electron chi connectivity index (χ0n) is 11.1. The van der Waals surface area contributed by atoms with E-state index in [1.807, 2.05) is 6.92 Å². The molecule has 1 fully saturated rings. The summed E-state index contributed by atoms with van der Waals surface area (Å²) in [6, 6.07) is 0. The van der Waals surface area contributed by atoms with Crippen molar-refractivity contribution < 1.29 is 14.4 Å². The van der Waals surface area contributed by atoms with Crippen molar-refractivity contribution in [3.05, 3.63) is 11.7 Å². The third-order valence-corrected chi connectivity index (χ3v) is 3.71. The van der Waals surface area contributed by atoms with Crippen molar-refractivity contribution in [2.45, 2.75) is 57.7 Å². The summed E-state index contributed by atoms with van der Waals surface area (Å²) in [5.74, 6) is 1.59. The van der Waals surface area contributed by atoms with Gasteiger partial charge in [-0.1, -0.05) is 18.0 Å². The molecule has 2 unspecified atom stereocenters. The van der Waals surface area contributed by atoms with E-state index in [9.17, 15) is 5.11 Å². The smallest absolute Gasteiger partial charge is 0.229 e. The highest BCUT2D eigenvalue weighted by Gasteiger charge is 2.25. The molecule has 1 aromatic heterocycles. The number of aliphatic hydroxyl groups excluding tert-OH is 1. The molecule has 2 rings (SSSR count). The Hall–Kier alpha value is -0.940. The van der Waals surface area contributed by atoms with Gasteiger partial charge in [-0.2, -0.15) is 4.98 Å². The molecule has 2 atom stereocenters. The second kappa shape index (κ2) is 6.29. The van der Waals surface area contributed by atoms with E-state index in [0.717, 1.165) is 12.8 Å². The van der Waals surface area contributed by atoms with E-state index in [4.69, 9.17) is 9.26 Å². The van der Waals surface area contributed by atoms with Gasteiger partial charge in [-0.25, -0.2) is 0 Å². The van der Waals surface area contributed by atoms with Gasteiger partial charge in [0, 0.05) is 13.5 Å². The third kappa shape index (κ3) is 3.53. The fraction of sp³-hybridized carbons (Fsp3) is 0.846. The molecule has 0 aromatic carbocycles. The van der Waals surface area contributed by atoms with Crippen LogP contribution in [-0.4, -0.2) is 34.6 Å². The molecule has 0 aliphatic heterocycles. The van der Waals surface area contributed by atoms with Crippen molar-refractivity contribution in [1.29, 1.82) is 0 Å². The van der Waals surface area contributed by atoms with Crippen molar-refractivity contribution in [2.24, 2.45) is 5.92 Å². The van der Waals surface area contributed by atoms with Gasteiger partial charge in [0.2, 0.25) is 5.89 Å². The Balaban J connectivity index is 1.85. The van der Waals surface area contributed by atoms with Gasteiger partial charge >= 0.3 is 0 Å². The summed E-state index contributed by atoms with van der Waals surface area (Å²) in [6.45, 7) is 1.96. The lowest BCUT2D eigenvalue weighted by molar-refractivity contribution is 0.102. The van der Waals surface area contributed by atoms with Crippen molar-refractivity contribution in [2.75, 3.05) is 7.11 Å². The van der Waals surface area contributed by atoms with Crippen molar-refractivity contribution in [1.82, 2.24) is 10.1 Å². The minimum Gasteiger partial charge on any atom is -0.392 e. The Morgan fingerprint density at radius 2 is 2.11 bits per heavy atom. The second-order valence-electron chi connectivity index (χ2n) is 5.17. The Morgan fingerprint density at radius 3 is 2.78 bits per heavy atom. The van der Waals surface area contributed by atoms with E-state index in [1.54, 1.807) is 7.11 Å². The summed E-state index contributed by atoms with van der Waals surface area (Å²) >= 11 is 0. The summed E-state index contributed by atoms with van der Waals surface area (Å²) in [5.41, 5.74) is 0. The summed E-state index contributed by atoms with van der Waals surface area (Å²) in [4.78, 5) is 4.29. The molecule has 1 aromatic rings. The topological polar surface area (TPSA) is 68.4 Å². The molecular formula is C13H22N2O3. The largest absolute Gasteiger partial charge is 0.392 e. The first-order valence-electron chi connectivity index (χ1n) is 6.71. The van der Waals surface area contributed by atoms with Gasteiger partial charge in [-0.3, -0.25) is 0 Å². The Bertz CT molecular complexity index is 361. The summed E-state index contributed by atoms with van der Waals surface area (Å²) in [6.07, 6.45) is 5.52. The molecule has 5 nitrogen and oxygen atoms in total. The van der Waals surface area contributed by atoms with E-state index in [-0.39, 0.29) is 12.2 Å². The van der Waals surface area contributed by atoms with E-state index in [2.05, 4.69) is 10.1 Å². The highest BCUT2D eigenvalue weighted by Crippen LogP contribution is 2.28. The standard InChI is InChI=1S/C13H22N2O3/c1-9(17-2)7-12-14-13(18-15-12)8-11(16)10-5-3-4-6-10/h9-11,16H,3-8H2,1-2H3. The molecule has 18 heavy (non-hydrogen) atoms. The van der Waals surface area contributed by atoms with Crippen LogP contribution in [0.5, 0.6) is 0 Å². The van der Waals surface area contributed by atoms with Crippen LogP contribution in [0, 0.1) is 5.92 Å². The monoisotopic (exact) mass is 254 g/mol. The van der Waals surface area contributed by atoms with Gasteiger partial charge in [0.05, 0.1) is 18.6 Å². The molecule has 1 N–H and O–H groups in total. The molecule has 1 saturated carbocycles. The maximum Gasteiger partial charge on any atom is 0.229 e. The van der Waals surface area contributed by atoms with Gasteiger partial charge in [0.1, 0.15) is 0 Å². The predicted octanol–water partition coefficient (Wildman–Crippen LogP) is 1.74. The van der Waals surface area contributed by atoms with E-state index >= 15 is 0 Å². The number of nitrogens with zero attached hydrogens (tertiary/aromatic N) is 2. The van der Waals surface area contributed by atoms with E-state index in [1.165, 1.54) is 12.8 Å². The number of hydrogen-bond acceptors (Lipinski definition) is 5. The van der Waals surface area contributed by atoms with Gasteiger partial charge in [0.25, 0.3) is 0 Å². The molecular weight excluding hydrogens is 232 g/mol. The molecule has 0 radical (unpaired) electrons. The summed E-state index contributed by atoms with van der Waals surface area (Å²) in [7, 11) is 1.66. The number of ether oxygens (including phenoxy) is 1. The molecule has 1 aliphatic rings. The van der Waals surface area contributed by atoms with Crippen LogP contribution in [0.3, 0.4) is 0 Å². The van der Waals surface area contributed by atoms with Crippen LogP contribution in [0.1, 0.15) is 44.3 Å². The van der Waals surface area contributed by atoms with Crippen molar-refractivity contribution in [3.8, 4) is 0 Å². The average Bonchev–Trinajstić information content (AvgIpc) is 3.00. The summed E-state index contributed by atoms with van der Waals surface area (Å²) < 4.78 is 10.3. The summed E-state index contributed by atoms with van der Waals surface area (Å²) in [5, 5.41) is 14.0. The third-order valence-electron chi connectivity index (χ3n) is 3.71. The lowest BCUT2D eigenvalue weighted by atomic mass is 9.98. The molecule has 1 aliphatic carbocycles. The van der Waals surface area contributed by atoms with E-state index in [0.29, 0.717) is 30.5 Å². The van der Waals surface area contributed by atoms with Crippen molar-refractivity contribution in [3.63, 3.8) is 0 Å². The highest BCUT2D eigenvalue weighted by atomic mass is 16.5. The number of hydrogen-bond donors (Lipinski definition) is 1. The maximum absolute atomic E-state index is 10.1. The maximum atomic E-state index is 10.1. The van der Waals surface area contributed by atoms with E-state index < -0.39 is 0 Å². The minimum atomic E-state index is -0.347. The number of aliphatic hydroxyl groups is 1. The van der Waals surface area contributed by atoms with Crippen LogP contribution in [-0.2, 0) is 17.6 Å². The number of aromatic nitrogens is 2. The fourth-order valence-electron chi connectivity index (χ4n) is 2.48. The molecule has 0 amide bonds. The molecule has 0 spiro atoms. The highest BCUT2D eigenvalue weighted by molar-refractivity contribution is 4.91. The predicted molar refractivity (Wildman–Crippen MR) is 66.1 cm³/mol. The van der Waals surface area contributed by atoms with Crippen LogP contribution in [0.2, 0.25) is 0 Å². The zero-order valence-corrected chi connectivity index (χ0v) is 11.1. The van der Waals surface area contributed by atoms with Crippen LogP contribution >= 0.6 is 0 Å². The minimum absolute atomic E-state index is 0.0789. The molecule has 102 valence electrons. The van der Waals surface area contributed by atoms with Crippen LogP contribution in [0.15, 0.2) is 4.52 Å². The Morgan fingerprint density at radius 1 is 1.39 bits per heavy atom. The first-order valence-corrected chi connectivity index (χ1v) is 6.71. The van der Waals surface area contributed by atoms with Crippen LogP contribution in [0.25, 0.3) is 0 Å². The van der Waals surface area contributed by atoms with Gasteiger partial charge < -0.3 is 14.4 Å². The fourth-order valence-corrected chi connectivity index (χ4v) is 2.48. The quantitative estimate of drug-likeness (QED) is 0.837.